The molecule has 4 heteroatoms. The van der Waals surface area contributed by atoms with Crippen LogP contribution >= 0.6 is 0 Å². The topological polar surface area (TPSA) is 55.8 Å². The summed E-state index contributed by atoms with van der Waals surface area (Å²) in [5.41, 5.74) is 1.70. The highest BCUT2D eigenvalue weighted by molar-refractivity contribution is 5.65. The van der Waals surface area contributed by atoms with Gasteiger partial charge in [0, 0.05) is 6.92 Å². The Labute approximate surface area is 88.4 Å². The zero-order chi connectivity index (χ0) is 11.3. The van der Waals surface area contributed by atoms with E-state index in [1.54, 1.807) is 12.1 Å². The summed E-state index contributed by atoms with van der Waals surface area (Å²) in [6.45, 7) is 3.21. The Morgan fingerprint density at radius 3 is 2.73 bits per heavy atom. The molecule has 0 heterocycles. The molecule has 0 fully saturated rings. The first-order valence-corrected chi connectivity index (χ1v) is 4.75. The molecule has 0 spiro atoms. The van der Waals surface area contributed by atoms with Crippen LogP contribution in [-0.4, -0.2) is 11.1 Å². The van der Waals surface area contributed by atoms with E-state index in [-0.39, 0.29) is 6.61 Å². The minimum Gasteiger partial charge on any atom is -0.392 e. The van der Waals surface area contributed by atoms with Crippen molar-refractivity contribution in [2.75, 3.05) is 0 Å². The predicted octanol–water partition coefficient (Wildman–Crippen LogP) is 1.60. The molecule has 1 rings (SSSR count). The summed E-state index contributed by atoms with van der Waals surface area (Å²) >= 11 is 0. The molecular formula is C11H14O4. The molecule has 1 aromatic carbocycles. The van der Waals surface area contributed by atoms with E-state index in [2.05, 4.69) is 4.89 Å². The molecule has 0 unspecified atom stereocenters. The van der Waals surface area contributed by atoms with Crippen molar-refractivity contribution in [1.29, 1.82) is 0 Å². The highest BCUT2D eigenvalue weighted by atomic mass is 17.2. The molecular weight excluding hydrogens is 196 g/mol. The van der Waals surface area contributed by atoms with Crippen LogP contribution in [0.1, 0.15) is 25.0 Å². The number of carbonyl (C=O) groups is 1. The SMILES string of the molecule is CCc1cc(CO)ccc1OOC(C)=O. The highest BCUT2D eigenvalue weighted by Gasteiger charge is 2.05. The van der Waals surface area contributed by atoms with E-state index in [0.717, 1.165) is 17.5 Å². The third-order valence-corrected chi connectivity index (χ3v) is 1.94. The van der Waals surface area contributed by atoms with Gasteiger partial charge in [-0.25, -0.2) is 4.79 Å². The number of rotatable bonds is 4. The Kier molecular flexibility index (Phi) is 4.12. The lowest BCUT2D eigenvalue weighted by atomic mass is 10.1. The van der Waals surface area contributed by atoms with Gasteiger partial charge in [0.15, 0.2) is 5.75 Å². The normalized spacial score (nSPS) is 9.80. The Balaban J connectivity index is 2.82. The molecule has 15 heavy (non-hydrogen) atoms. The summed E-state index contributed by atoms with van der Waals surface area (Å²) in [7, 11) is 0. The molecule has 4 nitrogen and oxygen atoms in total. The molecule has 0 saturated heterocycles. The number of benzene rings is 1. The van der Waals surface area contributed by atoms with E-state index in [0.29, 0.717) is 5.75 Å². The van der Waals surface area contributed by atoms with Gasteiger partial charge in [0.25, 0.3) is 0 Å². The second kappa shape index (κ2) is 5.36. The largest absolute Gasteiger partial charge is 0.392 e. The number of carbonyl (C=O) groups excluding carboxylic acids is 1. The molecule has 0 aromatic heterocycles. The van der Waals surface area contributed by atoms with Gasteiger partial charge in [-0.2, -0.15) is 0 Å². The second-order valence-corrected chi connectivity index (χ2v) is 3.11. The molecule has 82 valence electrons. The lowest BCUT2D eigenvalue weighted by molar-refractivity contribution is -0.211. The zero-order valence-corrected chi connectivity index (χ0v) is 8.82. The van der Waals surface area contributed by atoms with Crippen LogP contribution in [0.2, 0.25) is 0 Å². The van der Waals surface area contributed by atoms with Crippen LogP contribution in [0.15, 0.2) is 18.2 Å². The molecule has 0 bridgehead atoms. The van der Waals surface area contributed by atoms with E-state index in [9.17, 15) is 4.79 Å². The van der Waals surface area contributed by atoms with Gasteiger partial charge in [0.2, 0.25) is 0 Å². The first-order chi connectivity index (χ1) is 7.17. The van der Waals surface area contributed by atoms with Crippen LogP contribution in [0, 0.1) is 0 Å². The maximum absolute atomic E-state index is 10.6. The molecule has 0 aliphatic heterocycles. The minimum absolute atomic E-state index is 0.0131. The van der Waals surface area contributed by atoms with Crippen LogP contribution in [-0.2, 0) is 22.7 Å². The van der Waals surface area contributed by atoms with Gasteiger partial charge < -0.3 is 5.11 Å². The standard InChI is InChI=1S/C11H14O4/c1-3-10-6-9(7-12)4-5-11(10)15-14-8(2)13/h4-6,12H,3,7H2,1-2H3. The van der Waals surface area contributed by atoms with Crippen molar-refractivity contribution in [2.24, 2.45) is 0 Å². The average molecular weight is 210 g/mol. The Morgan fingerprint density at radius 2 is 2.20 bits per heavy atom. The Morgan fingerprint density at radius 1 is 1.47 bits per heavy atom. The fourth-order valence-electron chi connectivity index (χ4n) is 1.19. The number of hydrogen-bond acceptors (Lipinski definition) is 4. The van der Waals surface area contributed by atoms with Gasteiger partial charge in [-0.1, -0.05) is 13.0 Å². The van der Waals surface area contributed by atoms with Crippen molar-refractivity contribution in [3.8, 4) is 5.75 Å². The molecule has 0 saturated carbocycles. The third-order valence-electron chi connectivity index (χ3n) is 1.94. The smallest absolute Gasteiger partial charge is 0.352 e. The zero-order valence-electron chi connectivity index (χ0n) is 8.82. The van der Waals surface area contributed by atoms with Gasteiger partial charge in [-0.05, 0) is 29.7 Å². The van der Waals surface area contributed by atoms with E-state index in [1.165, 1.54) is 6.92 Å². The lowest BCUT2D eigenvalue weighted by Gasteiger charge is -2.08. The minimum atomic E-state index is -0.497. The van der Waals surface area contributed by atoms with Crippen molar-refractivity contribution >= 4 is 5.97 Å². The summed E-state index contributed by atoms with van der Waals surface area (Å²) in [4.78, 5) is 19.9. The molecule has 1 N–H and O–H groups in total. The number of aryl methyl sites for hydroxylation is 1. The highest BCUT2D eigenvalue weighted by Crippen LogP contribution is 2.21. The fourth-order valence-corrected chi connectivity index (χ4v) is 1.19. The van der Waals surface area contributed by atoms with Crippen molar-refractivity contribution in [3.05, 3.63) is 29.3 Å². The summed E-state index contributed by atoms with van der Waals surface area (Å²) in [6, 6.07) is 5.21. The first kappa shape index (κ1) is 11.5. The van der Waals surface area contributed by atoms with Crippen LogP contribution < -0.4 is 4.89 Å². The summed E-state index contributed by atoms with van der Waals surface area (Å²) < 4.78 is 0. The van der Waals surface area contributed by atoms with Gasteiger partial charge >= 0.3 is 5.97 Å². The van der Waals surface area contributed by atoms with Gasteiger partial charge in [-0.3, -0.25) is 9.78 Å². The van der Waals surface area contributed by atoms with Crippen molar-refractivity contribution < 1.29 is 19.7 Å². The lowest BCUT2D eigenvalue weighted by Crippen LogP contribution is -2.04. The average Bonchev–Trinajstić information content (AvgIpc) is 2.25. The molecule has 0 radical (unpaired) electrons. The van der Waals surface area contributed by atoms with Crippen molar-refractivity contribution in [1.82, 2.24) is 0 Å². The van der Waals surface area contributed by atoms with Crippen molar-refractivity contribution in [2.45, 2.75) is 26.9 Å². The van der Waals surface area contributed by atoms with E-state index < -0.39 is 5.97 Å². The van der Waals surface area contributed by atoms with Gasteiger partial charge in [0.1, 0.15) is 0 Å². The fraction of sp³-hybridized carbons (Fsp3) is 0.364. The van der Waals surface area contributed by atoms with Crippen molar-refractivity contribution in [3.63, 3.8) is 0 Å². The van der Waals surface area contributed by atoms with E-state index in [1.807, 2.05) is 13.0 Å². The number of aliphatic hydroxyl groups is 1. The Bertz CT molecular complexity index is 346. The maximum atomic E-state index is 10.6. The predicted molar refractivity (Wildman–Crippen MR) is 54.1 cm³/mol. The van der Waals surface area contributed by atoms with Crippen LogP contribution in [0.5, 0.6) is 5.75 Å². The quantitative estimate of drug-likeness (QED) is 0.605. The van der Waals surface area contributed by atoms with Crippen LogP contribution in [0.25, 0.3) is 0 Å². The van der Waals surface area contributed by atoms with Crippen LogP contribution in [0.3, 0.4) is 0 Å². The van der Waals surface area contributed by atoms with Crippen LogP contribution in [0.4, 0.5) is 0 Å². The van der Waals surface area contributed by atoms with Gasteiger partial charge in [0.05, 0.1) is 6.61 Å². The van der Waals surface area contributed by atoms with E-state index >= 15 is 0 Å². The maximum Gasteiger partial charge on any atom is 0.352 e. The number of hydrogen-bond donors (Lipinski definition) is 1. The molecule has 1 aromatic rings. The summed E-state index contributed by atoms with van der Waals surface area (Å²) in [6.07, 6.45) is 0.741. The summed E-state index contributed by atoms with van der Waals surface area (Å²) in [5, 5.41) is 8.94. The molecule has 0 atom stereocenters. The molecule has 0 amide bonds. The number of aliphatic hydroxyl groups excluding tert-OH is 1. The summed E-state index contributed by atoms with van der Waals surface area (Å²) in [5.74, 6) is 0.00758. The first-order valence-electron chi connectivity index (χ1n) is 4.75. The Hall–Kier alpha value is -1.55. The third kappa shape index (κ3) is 3.25. The second-order valence-electron chi connectivity index (χ2n) is 3.11. The molecule has 0 aliphatic rings. The van der Waals surface area contributed by atoms with Gasteiger partial charge in [-0.15, -0.1) is 0 Å². The monoisotopic (exact) mass is 210 g/mol. The molecule has 0 aliphatic carbocycles. The van der Waals surface area contributed by atoms with E-state index in [4.69, 9.17) is 9.99 Å².